The zero-order valence-corrected chi connectivity index (χ0v) is 19.4. The van der Waals surface area contributed by atoms with Crippen molar-refractivity contribution in [1.82, 2.24) is 14.8 Å². The summed E-state index contributed by atoms with van der Waals surface area (Å²) in [5.74, 6) is 0.902. The third-order valence-corrected chi connectivity index (χ3v) is 5.81. The lowest BCUT2D eigenvalue weighted by Crippen LogP contribution is -2.24. The zero-order valence-electron chi connectivity index (χ0n) is 19.4. The number of aromatic nitrogens is 3. The molecule has 10 heteroatoms. The second-order valence-corrected chi connectivity index (χ2v) is 8.47. The Morgan fingerprint density at radius 1 is 1.17 bits per heavy atom. The van der Waals surface area contributed by atoms with Crippen LogP contribution >= 0.6 is 0 Å². The molecule has 36 heavy (non-hydrogen) atoms. The number of nitrogen functional groups attached to an aromatic ring is 1. The van der Waals surface area contributed by atoms with Crippen LogP contribution in [0.4, 0.5) is 14.5 Å². The molecule has 2 aromatic heterocycles. The van der Waals surface area contributed by atoms with Gasteiger partial charge >= 0.3 is 6.61 Å². The molecule has 2 aromatic carbocycles. The standard InChI is InChI=1S/C26H23F2N5O3/c1-30-13-17-12-18(6-9-20(17)29)33-25(34)23(16-4-7-19(8-5-16)36-26(27)28)24-21(32-33)10-11-22(31-24)35-14-15-2-3-15/h4-13,15,26H,2-3,14,29H2,1H3. The van der Waals surface area contributed by atoms with E-state index in [0.717, 1.165) is 12.8 Å². The van der Waals surface area contributed by atoms with E-state index in [1.807, 2.05) is 0 Å². The highest BCUT2D eigenvalue weighted by atomic mass is 19.3. The van der Waals surface area contributed by atoms with Crippen LogP contribution in [-0.4, -0.2) is 41.2 Å². The Balaban J connectivity index is 1.68. The number of nitrogens with two attached hydrogens (primary N) is 1. The Hall–Kier alpha value is -4.34. The van der Waals surface area contributed by atoms with Gasteiger partial charge in [0.05, 0.1) is 17.9 Å². The van der Waals surface area contributed by atoms with Gasteiger partial charge in [0.15, 0.2) is 0 Å². The van der Waals surface area contributed by atoms with Gasteiger partial charge in [-0.1, -0.05) is 12.1 Å². The van der Waals surface area contributed by atoms with E-state index in [1.54, 1.807) is 43.6 Å². The summed E-state index contributed by atoms with van der Waals surface area (Å²) in [7, 11) is 1.63. The van der Waals surface area contributed by atoms with Crippen LogP contribution < -0.4 is 20.8 Å². The first-order valence-electron chi connectivity index (χ1n) is 11.4. The third kappa shape index (κ3) is 4.88. The minimum absolute atomic E-state index is 0.0177. The highest BCUT2D eigenvalue weighted by molar-refractivity contribution is 5.91. The van der Waals surface area contributed by atoms with Crippen LogP contribution in [0.1, 0.15) is 18.4 Å². The molecule has 2 N–H and O–H groups in total. The average Bonchev–Trinajstić information content (AvgIpc) is 3.69. The summed E-state index contributed by atoms with van der Waals surface area (Å²) in [6.45, 7) is -2.39. The van der Waals surface area contributed by atoms with Crippen molar-refractivity contribution < 1.29 is 18.3 Å². The van der Waals surface area contributed by atoms with Crippen LogP contribution in [-0.2, 0) is 0 Å². The first-order valence-corrected chi connectivity index (χ1v) is 11.4. The number of hydrogen-bond donors (Lipinski definition) is 1. The van der Waals surface area contributed by atoms with Crippen molar-refractivity contribution >= 4 is 22.9 Å². The molecule has 1 saturated carbocycles. The number of halogens is 2. The quantitative estimate of drug-likeness (QED) is 0.288. The second-order valence-electron chi connectivity index (χ2n) is 8.47. The minimum atomic E-state index is -2.95. The third-order valence-electron chi connectivity index (χ3n) is 5.81. The van der Waals surface area contributed by atoms with E-state index in [9.17, 15) is 13.6 Å². The van der Waals surface area contributed by atoms with Gasteiger partial charge in [-0.2, -0.15) is 18.6 Å². The summed E-state index contributed by atoms with van der Waals surface area (Å²) in [6, 6.07) is 14.4. The highest BCUT2D eigenvalue weighted by Crippen LogP contribution is 2.31. The molecular formula is C26H23F2N5O3. The van der Waals surface area contributed by atoms with Crippen molar-refractivity contribution in [3.05, 3.63) is 70.5 Å². The number of nitrogens with zero attached hydrogens (tertiary/aromatic N) is 4. The summed E-state index contributed by atoms with van der Waals surface area (Å²) in [6.07, 6.45) is 3.85. The van der Waals surface area contributed by atoms with Gasteiger partial charge in [-0.05, 0) is 60.7 Å². The maximum absolute atomic E-state index is 13.8. The first kappa shape index (κ1) is 23.4. The molecule has 0 unspecified atom stereocenters. The van der Waals surface area contributed by atoms with E-state index < -0.39 is 12.2 Å². The molecule has 184 valence electrons. The van der Waals surface area contributed by atoms with E-state index >= 15 is 0 Å². The van der Waals surface area contributed by atoms with Crippen molar-refractivity contribution in [3.8, 4) is 28.4 Å². The number of fused-ring (bicyclic) bond motifs is 1. The van der Waals surface area contributed by atoms with Gasteiger partial charge in [0.25, 0.3) is 5.56 Å². The van der Waals surface area contributed by atoms with Crippen molar-refractivity contribution in [3.63, 3.8) is 0 Å². The predicted molar refractivity (Wildman–Crippen MR) is 133 cm³/mol. The van der Waals surface area contributed by atoms with Crippen molar-refractivity contribution in [2.75, 3.05) is 19.4 Å². The Bertz CT molecular complexity index is 1500. The number of anilines is 1. The molecule has 0 aliphatic heterocycles. The molecule has 2 heterocycles. The van der Waals surface area contributed by atoms with Crippen molar-refractivity contribution in [1.29, 1.82) is 0 Å². The maximum atomic E-state index is 13.8. The van der Waals surface area contributed by atoms with Crippen LogP contribution in [0.25, 0.3) is 27.8 Å². The molecule has 5 rings (SSSR count). The highest BCUT2D eigenvalue weighted by Gasteiger charge is 2.23. The number of alkyl halides is 2. The molecule has 0 atom stereocenters. The molecule has 1 aliphatic rings. The Kier molecular flexibility index (Phi) is 6.32. The van der Waals surface area contributed by atoms with Gasteiger partial charge in [-0.3, -0.25) is 9.79 Å². The maximum Gasteiger partial charge on any atom is 0.387 e. The topological polar surface area (TPSA) is 105 Å². The Labute approximate surface area is 205 Å². The lowest BCUT2D eigenvalue weighted by atomic mass is 10.1. The fraction of sp³-hybridized carbons (Fsp3) is 0.231. The van der Waals surface area contributed by atoms with Crippen LogP contribution in [0, 0.1) is 5.92 Å². The van der Waals surface area contributed by atoms with E-state index in [-0.39, 0.29) is 11.3 Å². The van der Waals surface area contributed by atoms with Gasteiger partial charge in [0.2, 0.25) is 5.88 Å². The van der Waals surface area contributed by atoms with Gasteiger partial charge in [-0.15, -0.1) is 0 Å². The average molecular weight is 491 g/mol. The minimum Gasteiger partial charge on any atom is -0.477 e. The largest absolute Gasteiger partial charge is 0.477 e. The second kappa shape index (κ2) is 9.73. The molecule has 8 nitrogen and oxygen atoms in total. The Morgan fingerprint density at radius 2 is 1.94 bits per heavy atom. The SMILES string of the molecule is CN=Cc1cc(-n2nc3ccc(OCC4CC4)nc3c(-c3ccc(OC(F)F)cc3)c2=O)ccc1N. The normalized spacial score (nSPS) is 13.6. The smallest absolute Gasteiger partial charge is 0.387 e. The van der Waals surface area contributed by atoms with E-state index in [4.69, 9.17) is 10.5 Å². The summed E-state index contributed by atoms with van der Waals surface area (Å²) in [4.78, 5) is 22.4. The van der Waals surface area contributed by atoms with Gasteiger partial charge in [0, 0.05) is 30.6 Å². The molecule has 0 radical (unpaired) electrons. The summed E-state index contributed by atoms with van der Waals surface area (Å²) in [5.41, 5.74) is 8.75. The van der Waals surface area contributed by atoms with Gasteiger partial charge < -0.3 is 15.2 Å². The van der Waals surface area contributed by atoms with E-state index in [2.05, 4.69) is 19.8 Å². The lowest BCUT2D eigenvalue weighted by molar-refractivity contribution is -0.0498. The molecule has 4 aromatic rings. The summed E-state index contributed by atoms with van der Waals surface area (Å²) < 4.78 is 36.8. The molecular weight excluding hydrogens is 468 g/mol. The summed E-state index contributed by atoms with van der Waals surface area (Å²) in [5, 5.41) is 4.54. The Morgan fingerprint density at radius 3 is 2.64 bits per heavy atom. The molecule has 1 aliphatic carbocycles. The van der Waals surface area contributed by atoms with Crippen LogP contribution in [0.15, 0.2) is 64.4 Å². The van der Waals surface area contributed by atoms with E-state index in [0.29, 0.717) is 51.9 Å². The molecule has 0 amide bonds. The monoisotopic (exact) mass is 491 g/mol. The summed E-state index contributed by atoms with van der Waals surface area (Å²) >= 11 is 0. The first-order chi connectivity index (χ1) is 17.4. The number of benzene rings is 2. The van der Waals surface area contributed by atoms with Crippen molar-refractivity contribution in [2.45, 2.75) is 19.5 Å². The fourth-order valence-corrected chi connectivity index (χ4v) is 3.81. The van der Waals surface area contributed by atoms with Gasteiger partial charge in [0.1, 0.15) is 16.8 Å². The van der Waals surface area contributed by atoms with Crippen LogP contribution in [0.5, 0.6) is 11.6 Å². The zero-order chi connectivity index (χ0) is 25.2. The number of pyridine rings is 1. The molecule has 0 saturated heterocycles. The molecule has 0 bridgehead atoms. The number of aliphatic imine (C=N–C) groups is 1. The molecule has 0 spiro atoms. The number of rotatable bonds is 8. The molecule has 1 fully saturated rings. The predicted octanol–water partition coefficient (Wildman–Crippen LogP) is 4.47. The fourth-order valence-electron chi connectivity index (χ4n) is 3.81. The van der Waals surface area contributed by atoms with Crippen LogP contribution in [0.2, 0.25) is 0 Å². The number of hydrogen-bond acceptors (Lipinski definition) is 7. The van der Waals surface area contributed by atoms with Gasteiger partial charge in [-0.25, -0.2) is 4.98 Å². The number of ether oxygens (including phenoxy) is 2. The van der Waals surface area contributed by atoms with Crippen molar-refractivity contribution in [2.24, 2.45) is 10.9 Å². The van der Waals surface area contributed by atoms with E-state index in [1.165, 1.54) is 28.9 Å². The van der Waals surface area contributed by atoms with Crippen LogP contribution in [0.3, 0.4) is 0 Å². The lowest BCUT2D eigenvalue weighted by Gasteiger charge is -2.13.